The van der Waals surface area contributed by atoms with Gasteiger partial charge in [-0.3, -0.25) is 9.78 Å². The van der Waals surface area contributed by atoms with E-state index in [0.29, 0.717) is 19.3 Å². The van der Waals surface area contributed by atoms with Gasteiger partial charge in [0, 0.05) is 23.7 Å². The Balaban J connectivity index is 1.36. The van der Waals surface area contributed by atoms with Gasteiger partial charge in [0.15, 0.2) is 5.76 Å². The SMILES string of the molecule is Cc1noc(-c2ccc(-c3ccc(C4(C(=O)O)CC4)cc3)cc2)c1Cc1cncc(OC(C)C)c1. The van der Waals surface area contributed by atoms with E-state index in [1.165, 1.54) is 0 Å². The molecule has 0 radical (unpaired) electrons. The summed E-state index contributed by atoms with van der Waals surface area (Å²) in [5.41, 5.74) is 6.15. The highest BCUT2D eigenvalue weighted by Gasteiger charge is 2.51. The van der Waals surface area contributed by atoms with Crippen LogP contribution in [0.4, 0.5) is 0 Å². The van der Waals surface area contributed by atoms with Gasteiger partial charge < -0.3 is 14.4 Å². The van der Waals surface area contributed by atoms with Crippen LogP contribution in [0.1, 0.15) is 49.1 Å². The molecule has 2 heterocycles. The summed E-state index contributed by atoms with van der Waals surface area (Å²) in [7, 11) is 0. The first-order chi connectivity index (χ1) is 16.9. The van der Waals surface area contributed by atoms with Crippen LogP contribution < -0.4 is 4.74 Å². The minimum atomic E-state index is -0.734. The molecule has 4 aromatic rings. The number of carboxylic acids is 1. The van der Waals surface area contributed by atoms with Crippen LogP contribution >= 0.6 is 0 Å². The Morgan fingerprint density at radius 2 is 1.66 bits per heavy atom. The highest BCUT2D eigenvalue weighted by atomic mass is 16.5. The summed E-state index contributed by atoms with van der Waals surface area (Å²) < 4.78 is 11.5. The zero-order chi connectivity index (χ0) is 24.6. The summed E-state index contributed by atoms with van der Waals surface area (Å²) in [6.07, 6.45) is 5.71. The molecular weight excluding hydrogens is 440 g/mol. The normalized spacial score (nSPS) is 14.2. The number of aryl methyl sites for hydroxylation is 1. The van der Waals surface area contributed by atoms with Crippen LogP contribution in [-0.2, 0) is 16.6 Å². The molecule has 2 aromatic heterocycles. The van der Waals surface area contributed by atoms with Crippen molar-refractivity contribution in [1.82, 2.24) is 10.1 Å². The Bertz CT molecular complexity index is 1350. The molecule has 0 atom stereocenters. The van der Waals surface area contributed by atoms with E-state index in [4.69, 9.17) is 9.26 Å². The van der Waals surface area contributed by atoms with Gasteiger partial charge in [0.2, 0.25) is 0 Å². The van der Waals surface area contributed by atoms with Crippen molar-refractivity contribution in [1.29, 1.82) is 0 Å². The Kier molecular flexibility index (Phi) is 5.89. The number of aliphatic carboxylic acids is 1. The van der Waals surface area contributed by atoms with Gasteiger partial charge in [0.25, 0.3) is 0 Å². The van der Waals surface area contributed by atoms with Gasteiger partial charge in [-0.15, -0.1) is 0 Å². The summed E-state index contributed by atoms with van der Waals surface area (Å²) in [4.78, 5) is 15.9. The third-order valence-corrected chi connectivity index (χ3v) is 6.58. The standard InChI is InChI=1S/C29H28N2O4/c1-18(2)34-25-14-20(16-30-17-25)15-26-19(3)31-35-27(26)23-6-4-21(5-7-23)22-8-10-24(11-9-22)29(12-13-29)28(32)33/h4-11,14,16-18H,12-13,15H2,1-3H3,(H,32,33). The molecular formula is C29H28N2O4. The Morgan fingerprint density at radius 1 is 1.03 bits per heavy atom. The first-order valence-electron chi connectivity index (χ1n) is 11.9. The van der Waals surface area contributed by atoms with Crippen LogP contribution in [0.15, 0.2) is 71.5 Å². The minimum absolute atomic E-state index is 0.0849. The van der Waals surface area contributed by atoms with Crippen molar-refractivity contribution in [3.05, 3.63) is 89.4 Å². The highest BCUT2D eigenvalue weighted by Crippen LogP contribution is 2.48. The maximum absolute atomic E-state index is 11.6. The largest absolute Gasteiger partial charge is 0.489 e. The van der Waals surface area contributed by atoms with E-state index in [-0.39, 0.29) is 6.10 Å². The van der Waals surface area contributed by atoms with Crippen LogP contribution in [0.5, 0.6) is 5.75 Å². The number of carbonyl (C=O) groups is 1. The molecule has 1 fully saturated rings. The summed E-state index contributed by atoms with van der Waals surface area (Å²) in [6, 6.07) is 18.0. The summed E-state index contributed by atoms with van der Waals surface area (Å²) in [5.74, 6) is 0.763. The zero-order valence-electron chi connectivity index (χ0n) is 20.1. The molecule has 1 aliphatic carbocycles. The van der Waals surface area contributed by atoms with Crippen LogP contribution in [0.2, 0.25) is 0 Å². The lowest BCUT2D eigenvalue weighted by Crippen LogP contribution is -2.19. The van der Waals surface area contributed by atoms with Gasteiger partial charge >= 0.3 is 5.97 Å². The number of hydrogen-bond donors (Lipinski definition) is 1. The maximum atomic E-state index is 11.6. The van der Waals surface area contributed by atoms with Crippen molar-refractivity contribution >= 4 is 5.97 Å². The minimum Gasteiger partial charge on any atom is -0.489 e. The third-order valence-electron chi connectivity index (χ3n) is 6.58. The van der Waals surface area contributed by atoms with E-state index in [1.807, 2.05) is 69.4 Å². The Hall–Kier alpha value is -3.93. The second-order valence-corrected chi connectivity index (χ2v) is 9.49. The number of benzene rings is 2. The summed E-state index contributed by atoms with van der Waals surface area (Å²) in [6.45, 7) is 5.93. The molecule has 1 aliphatic rings. The first kappa shape index (κ1) is 22.8. The van der Waals surface area contributed by atoms with E-state index < -0.39 is 11.4 Å². The lowest BCUT2D eigenvalue weighted by Gasteiger charge is -2.11. The molecule has 0 amide bonds. The number of ether oxygens (including phenoxy) is 1. The lowest BCUT2D eigenvalue weighted by molar-refractivity contribution is -0.140. The predicted octanol–water partition coefficient (Wildman–Crippen LogP) is 6.21. The molecule has 2 aromatic carbocycles. The van der Waals surface area contributed by atoms with E-state index in [2.05, 4.69) is 22.3 Å². The molecule has 0 spiro atoms. The van der Waals surface area contributed by atoms with E-state index >= 15 is 0 Å². The average molecular weight is 469 g/mol. The highest BCUT2D eigenvalue weighted by molar-refractivity contribution is 5.85. The Labute approximate surface area is 204 Å². The summed E-state index contributed by atoms with van der Waals surface area (Å²) in [5, 5.41) is 13.7. The van der Waals surface area contributed by atoms with Gasteiger partial charge in [-0.1, -0.05) is 53.7 Å². The second kappa shape index (κ2) is 9.02. The predicted molar refractivity (Wildman–Crippen MR) is 133 cm³/mol. The Morgan fingerprint density at radius 3 is 2.26 bits per heavy atom. The molecule has 5 rings (SSSR count). The molecule has 6 nitrogen and oxygen atoms in total. The number of rotatable bonds is 8. The fourth-order valence-corrected chi connectivity index (χ4v) is 4.47. The molecule has 178 valence electrons. The van der Waals surface area contributed by atoms with Crippen LogP contribution in [-0.4, -0.2) is 27.3 Å². The van der Waals surface area contributed by atoms with E-state index in [9.17, 15) is 9.90 Å². The van der Waals surface area contributed by atoms with Gasteiger partial charge in [-0.25, -0.2) is 0 Å². The third kappa shape index (κ3) is 4.56. The van der Waals surface area contributed by atoms with Gasteiger partial charge in [0.05, 0.1) is 23.4 Å². The number of nitrogens with zero attached hydrogens (tertiary/aromatic N) is 2. The molecule has 6 heteroatoms. The van der Waals surface area contributed by atoms with E-state index in [1.54, 1.807) is 6.20 Å². The van der Waals surface area contributed by atoms with Crippen molar-refractivity contribution in [3.63, 3.8) is 0 Å². The molecule has 0 saturated heterocycles. The molecule has 35 heavy (non-hydrogen) atoms. The number of hydrogen-bond acceptors (Lipinski definition) is 5. The fourth-order valence-electron chi connectivity index (χ4n) is 4.47. The maximum Gasteiger partial charge on any atom is 0.314 e. The van der Waals surface area contributed by atoms with Gasteiger partial charge in [-0.05, 0) is 61.9 Å². The number of aromatic nitrogens is 2. The lowest BCUT2D eigenvalue weighted by atomic mass is 9.93. The smallest absolute Gasteiger partial charge is 0.314 e. The molecule has 1 saturated carbocycles. The van der Waals surface area contributed by atoms with Crippen molar-refractivity contribution in [2.75, 3.05) is 0 Å². The number of carboxylic acid groups (broad SMARTS) is 1. The molecule has 0 unspecified atom stereocenters. The first-order valence-corrected chi connectivity index (χ1v) is 11.9. The van der Waals surface area contributed by atoms with Gasteiger partial charge in [-0.2, -0.15) is 0 Å². The van der Waals surface area contributed by atoms with Crippen LogP contribution in [0.3, 0.4) is 0 Å². The molecule has 1 N–H and O–H groups in total. The molecule has 0 aliphatic heterocycles. The quantitative estimate of drug-likeness (QED) is 0.331. The van der Waals surface area contributed by atoms with Crippen LogP contribution in [0.25, 0.3) is 22.5 Å². The fraction of sp³-hybridized carbons (Fsp3) is 0.276. The van der Waals surface area contributed by atoms with E-state index in [0.717, 1.165) is 50.6 Å². The van der Waals surface area contributed by atoms with Crippen molar-refractivity contribution in [2.24, 2.45) is 0 Å². The van der Waals surface area contributed by atoms with Crippen molar-refractivity contribution in [2.45, 2.75) is 51.6 Å². The summed E-state index contributed by atoms with van der Waals surface area (Å²) >= 11 is 0. The van der Waals surface area contributed by atoms with Crippen molar-refractivity contribution < 1.29 is 19.2 Å². The monoisotopic (exact) mass is 468 g/mol. The second-order valence-electron chi connectivity index (χ2n) is 9.49. The van der Waals surface area contributed by atoms with Crippen LogP contribution in [0, 0.1) is 6.92 Å². The average Bonchev–Trinajstić information content (AvgIpc) is 3.59. The number of pyridine rings is 1. The van der Waals surface area contributed by atoms with Crippen molar-refractivity contribution in [3.8, 4) is 28.2 Å². The zero-order valence-corrected chi connectivity index (χ0v) is 20.1. The molecule has 0 bridgehead atoms. The van der Waals surface area contributed by atoms with Gasteiger partial charge in [0.1, 0.15) is 5.75 Å². The topological polar surface area (TPSA) is 85.5 Å².